The molecule has 0 saturated heterocycles. The fourth-order valence-electron chi connectivity index (χ4n) is 1.80. The fraction of sp³-hybridized carbons (Fsp3) is 0.231. The zero-order valence-corrected chi connectivity index (χ0v) is 13.4. The van der Waals surface area contributed by atoms with Gasteiger partial charge in [-0.1, -0.05) is 28.1 Å². The highest BCUT2D eigenvalue weighted by atomic mass is 79.9. The van der Waals surface area contributed by atoms with Crippen LogP contribution in [0.2, 0.25) is 0 Å². The number of halogens is 1. The summed E-state index contributed by atoms with van der Waals surface area (Å²) < 4.78 is 27.1. The summed E-state index contributed by atoms with van der Waals surface area (Å²) in [4.78, 5) is 3.08. The first-order valence-electron chi connectivity index (χ1n) is 6.01. The van der Waals surface area contributed by atoms with E-state index in [1.54, 1.807) is 13.1 Å². The van der Waals surface area contributed by atoms with Crippen LogP contribution < -0.4 is 5.73 Å². The lowest BCUT2D eigenvalue weighted by Gasteiger charge is -2.16. The van der Waals surface area contributed by atoms with E-state index in [2.05, 4.69) is 20.9 Å². The second kappa shape index (κ2) is 6.09. The van der Waals surface area contributed by atoms with E-state index >= 15 is 0 Å². The van der Waals surface area contributed by atoms with Gasteiger partial charge in [0.25, 0.3) is 0 Å². The molecular formula is C13H16BrN3O2S. The first-order chi connectivity index (χ1) is 9.43. The molecule has 0 aliphatic heterocycles. The summed E-state index contributed by atoms with van der Waals surface area (Å²) in [5.74, 6) is 0. The van der Waals surface area contributed by atoms with Crippen LogP contribution in [0.5, 0.6) is 0 Å². The van der Waals surface area contributed by atoms with Crippen LogP contribution in [-0.4, -0.2) is 24.8 Å². The molecule has 0 amide bonds. The molecule has 0 spiro atoms. The smallest absolute Gasteiger partial charge is 0.244 e. The minimum absolute atomic E-state index is 0.234. The molecular weight excluding hydrogens is 342 g/mol. The summed E-state index contributed by atoms with van der Waals surface area (Å²) in [5.41, 5.74) is 7.10. The maximum absolute atomic E-state index is 12.4. The maximum Gasteiger partial charge on any atom is 0.244 e. The Morgan fingerprint density at radius 2 is 1.95 bits per heavy atom. The average Bonchev–Trinajstić information content (AvgIpc) is 2.90. The summed E-state index contributed by atoms with van der Waals surface area (Å²) in [7, 11) is -1.94. The van der Waals surface area contributed by atoms with Crippen molar-refractivity contribution in [3.63, 3.8) is 0 Å². The number of aromatic amines is 1. The van der Waals surface area contributed by atoms with Crippen molar-refractivity contribution in [3.05, 3.63) is 52.3 Å². The third-order valence-electron chi connectivity index (χ3n) is 2.96. The van der Waals surface area contributed by atoms with Crippen LogP contribution in [0.4, 0.5) is 0 Å². The Balaban J connectivity index is 2.18. The molecule has 1 aromatic carbocycles. The molecule has 0 aliphatic rings. The molecule has 3 N–H and O–H groups in total. The zero-order valence-electron chi connectivity index (χ0n) is 11.0. The van der Waals surface area contributed by atoms with Gasteiger partial charge >= 0.3 is 0 Å². The van der Waals surface area contributed by atoms with Crippen LogP contribution in [0.25, 0.3) is 0 Å². The molecule has 1 aromatic heterocycles. The van der Waals surface area contributed by atoms with Crippen molar-refractivity contribution in [1.29, 1.82) is 0 Å². The predicted octanol–water partition coefficient (Wildman–Crippen LogP) is 2.06. The quantitative estimate of drug-likeness (QED) is 0.859. The molecule has 1 heterocycles. The molecule has 2 aromatic rings. The van der Waals surface area contributed by atoms with E-state index < -0.39 is 10.0 Å². The van der Waals surface area contributed by atoms with E-state index in [-0.39, 0.29) is 11.4 Å². The Labute approximate surface area is 127 Å². The Hall–Kier alpha value is -1.15. The van der Waals surface area contributed by atoms with Crippen LogP contribution in [0, 0.1) is 0 Å². The van der Waals surface area contributed by atoms with Gasteiger partial charge in [-0.25, -0.2) is 8.42 Å². The number of benzene rings is 1. The van der Waals surface area contributed by atoms with E-state index in [4.69, 9.17) is 5.73 Å². The maximum atomic E-state index is 12.4. The topological polar surface area (TPSA) is 79.2 Å². The van der Waals surface area contributed by atoms with Crippen LogP contribution in [0.1, 0.15) is 11.3 Å². The molecule has 5 nitrogen and oxygen atoms in total. The van der Waals surface area contributed by atoms with Crippen molar-refractivity contribution in [2.75, 3.05) is 7.05 Å². The largest absolute Gasteiger partial charge is 0.363 e. The SMILES string of the molecule is CN(Cc1ccc(Br)cc1)S(=O)(=O)c1c[nH]c(CN)c1. The van der Waals surface area contributed by atoms with Crippen molar-refractivity contribution < 1.29 is 8.42 Å². The van der Waals surface area contributed by atoms with Gasteiger partial charge < -0.3 is 10.7 Å². The number of nitrogens with one attached hydrogen (secondary N) is 1. The molecule has 2 rings (SSSR count). The highest BCUT2D eigenvalue weighted by Gasteiger charge is 2.22. The van der Waals surface area contributed by atoms with Crippen LogP contribution >= 0.6 is 15.9 Å². The lowest BCUT2D eigenvalue weighted by atomic mass is 10.2. The number of nitrogens with zero attached hydrogens (tertiary/aromatic N) is 1. The van der Waals surface area contributed by atoms with Crippen molar-refractivity contribution in [1.82, 2.24) is 9.29 Å². The van der Waals surface area contributed by atoms with Crippen LogP contribution in [0.15, 0.2) is 45.9 Å². The van der Waals surface area contributed by atoms with Gasteiger partial charge in [-0.3, -0.25) is 0 Å². The van der Waals surface area contributed by atoms with Gasteiger partial charge in [0.2, 0.25) is 10.0 Å². The van der Waals surface area contributed by atoms with Crippen LogP contribution in [-0.2, 0) is 23.1 Å². The van der Waals surface area contributed by atoms with E-state index in [0.717, 1.165) is 10.0 Å². The van der Waals surface area contributed by atoms with E-state index in [0.29, 0.717) is 12.2 Å². The molecule has 108 valence electrons. The lowest BCUT2D eigenvalue weighted by molar-refractivity contribution is 0.467. The molecule has 0 saturated carbocycles. The van der Waals surface area contributed by atoms with Gasteiger partial charge in [0.15, 0.2) is 0 Å². The number of sulfonamides is 1. The van der Waals surface area contributed by atoms with E-state index in [1.165, 1.54) is 10.5 Å². The number of rotatable bonds is 5. The number of H-pyrrole nitrogens is 1. The summed E-state index contributed by atoms with van der Waals surface area (Å²) >= 11 is 3.35. The lowest BCUT2D eigenvalue weighted by Crippen LogP contribution is -2.26. The van der Waals surface area contributed by atoms with E-state index in [9.17, 15) is 8.42 Å². The van der Waals surface area contributed by atoms with Crippen molar-refractivity contribution in [2.45, 2.75) is 18.0 Å². The fourth-order valence-corrected chi connectivity index (χ4v) is 3.24. The van der Waals surface area contributed by atoms with Crippen molar-refractivity contribution in [2.24, 2.45) is 5.73 Å². The first kappa shape index (κ1) is 15.2. The monoisotopic (exact) mass is 357 g/mol. The summed E-state index contributed by atoms with van der Waals surface area (Å²) in [6, 6.07) is 9.11. The van der Waals surface area contributed by atoms with Gasteiger partial charge in [0.05, 0.1) is 4.90 Å². The molecule has 0 bridgehead atoms. The van der Waals surface area contributed by atoms with Gasteiger partial charge in [-0.05, 0) is 23.8 Å². The number of aromatic nitrogens is 1. The third-order valence-corrected chi connectivity index (χ3v) is 5.27. The number of nitrogens with two attached hydrogens (primary N) is 1. The minimum Gasteiger partial charge on any atom is -0.363 e. The summed E-state index contributed by atoms with van der Waals surface area (Å²) in [6.07, 6.45) is 1.47. The summed E-state index contributed by atoms with van der Waals surface area (Å²) in [5, 5.41) is 0. The van der Waals surface area contributed by atoms with E-state index in [1.807, 2.05) is 24.3 Å². The third kappa shape index (κ3) is 3.29. The molecule has 20 heavy (non-hydrogen) atoms. The molecule has 0 atom stereocenters. The normalized spacial score (nSPS) is 12.0. The van der Waals surface area contributed by atoms with Gasteiger partial charge in [-0.15, -0.1) is 0 Å². The molecule has 0 radical (unpaired) electrons. The van der Waals surface area contributed by atoms with Crippen LogP contribution in [0.3, 0.4) is 0 Å². The Morgan fingerprint density at radius 3 is 2.50 bits per heavy atom. The van der Waals surface area contributed by atoms with Gasteiger partial charge in [0.1, 0.15) is 0 Å². The number of hydrogen-bond acceptors (Lipinski definition) is 3. The van der Waals surface area contributed by atoms with Crippen molar-refractivity contribution >= 4 is 26.0 Å². The minimum atomic E-state index is -3.50. The predicted molar refractivity (Wildman–Crippen MR) is 81.5 cm³/mol. The molecule has 0 unspecified atom stereocenters. The van der Waals surface area contributed by atoms with Gasteiger partial charge in [-0.2, -0.15) is 4.31 Å². The highest BCUT2D eigenvalue weighted by Crippen LogP contribution is 2.18. The second-order valence-corrected chi connectivity index (χ2v) is 7.41. The highest BCUT2D eigenvalue weighted by molar-refractivity contribution is 9.10. The van der Waals surface area contributed by atoms with Crippen molar-refractivity contribution in [3.8, 4) is 0 Å². The molecule has 0 aliphatic carbocycles. The Bertz CT molecular complexity index is 680. The standard InChI is InChI=1S/C13H16BrN3O2S/c1-17(9-10-2-4-11(14)5-3-10)20(18,19)13-6-12(7-15)16-8-13/h2-6,8,16H,7,9,15H2,1H3. The number of hydrogen-bond donors (Lipinski definition) is 2. The second-order valence-electron chi connectivity index (χ2n) is 4.45. The molecule has 7 heteroatoms. The Kier molecular flexibility index (Phi) is 4.64. The Morgan fingerprint density at radius 1 is 1.30 bits per heavy atom. The average molecular weight is 358 g/mol. The zero-order chi connectivity index (χ0) is 14.8. The summed E-state index contributed by atoms with van der Waals surface area (Å²) in [6.45, 7) is 0.602. The van der Waals surface area contributed by atoms with Gasteiger partial charge in [0, 0.05) is 36.5 Å². The first-order valence-corrected chi connectivity index (χ1v) is 8.25. The molecule has 0 fully saturated rings.